The second-order valence-corrected chi connectivity index (χ2v) is 8.39. The van der Waals surface area contributed by atoms with E-state index in [-0.39, 0.29) is 11.8 Å². The van der Waals surface area contributed by atoms with E-state index < -0.39 is 0 Å². The summed E-state index contributed by atoms with van der Waals surface area (Å²) in [6.07, 6.45) is 1.48. The van der Waals surface area contributed by atoms with E-state index in [2.05, 4.69) is 17.0 Å². The largest absolute Gasteiger partial charge is 0.497 e. The van der Waals surface area contributed by atoms with Crippen LogP contribution in [0.2, 0.25) is 0 Å². The van der Waals surface area contributed by atoms with Gasteiger partial charge in [-0.15, -0.1) is 0 Å². The lowest BCUT2D eigenvalue weighted by molar-refractivity contribution is -0.137. The highest BCUT2D eigenvalue weighted by Gasteiger charge is 2.41. The molecule has 3 aromatic rings. The fourth-order valence-corrected chi connectivity index (χ4v) is 4.65. The minimum Gasteiger partial charge on any atom is -0.497 e. The highest BCUT2D eigenvalue weighted by molar-refractivity contribution is 6.35. The van der Waals surface area contributed by atoms with Crippen LogP contribution in [-0.4, -0.2) is 41.8 Å². The van der Waals surface area contributed by atoms with Gasteiger partial charge in [-0.2, -0.15) is 0 Å². The SMILES string of the molecule is COc1ccc(C2=C(N3CCc4ccccc4C3)C(=O)N(CCc3ccccc3)C2=O)cc1. The maximum atomic E-state index is 13.6. The zero-order chi connectivity index (χ0) is 22.8. The molecule has 2 heterocycles. The third kappa shape index (κ3) is 4.02. The van der Waals surface area contributed by atoms with Crippen LogP contribution < -0.4 is 4.74 Å². The molecule has 2 amide bonds. The molecule has 0 bridgehead atoms. The first kappa shape index (κ1) is 21.0. The van der Waals surface area contributed by atoms with Crippen LogP contribution in [-0.2, 0) is 29.0 Å². The van der Waals surface area contributed by atoms with Crippen molar-refractivity contribution in [1.29, 1.82) is 0 Å². The van der Waals surface area contributed by atoms with E-state index in [0.717, 1.165) is 17.5 Å². The average Bonchev–Trinajstić information content (AvgIpc) is 3.12. The Morgan fingerprint density at radius 2 is 1.52 bits per heavy atom. The quantitative estimate of drug-likeness (QED) is 0.545. The van der Waals surface area contributed by atoms with E-state index in [0.29, 0.717) is 43.1 Å². The van der Waals surface area contributed by atoms with Gasteiger partial charge in [0.2, 0.25) is 0 Å². The molecular weight excluding hydrogens is 412 g/mol. The first-order valence-electron chi connectivity index (χ1n) is 11.3. The number of imide groups is 1. The minimum absolute atomic E-state index is 0.207. The Bertz CT molecular complexity index is 1220. The topological polar surface area (TPSA) is 49.9 Å². The lowest BCUT2D eigenvalue weighted by atomic mass is 9.98. The monoisotopic (exact) mass is 438 g/mol. The molecular formula is C28H26N2O3. The van der Waals surface area contributed by atoms with E-state index in [4.69, 9.17) is 4.74 Å². The van der Waals surface area contributed by atoms with Crippen molar-refractivity contribution in [2.75, 3.05) is 20.2 Å². The van der Waals surface area contributed by atoms with Gasteiger partial charge in [-0.25, -0.2) is 0 Å². The number of hydrogen-bond acceptors (Lipinski definition) is 4. The molecule has 166 valence electrons. The van der Waals surface area contributed by atoms with E-state index in [9.17, 15) is 9.59 Å². The lowest BCUT2D eigenvalue weighted by Crippen LogP contribution is -2.38. The number of benzene rings is 3. The van der Waals surface area contributed by atoms with E-state index in [1.807, 2.05) is 66.7 Å². The minimum atomic E-state index is -0.227. The van der Waals surface area contributed by atoms with Gasteiger partial charge in [-0.3, -0.25) is 14.5 Å². The molecule has 0 spiro atoms. The fourth-order valence-electron chi connectivity index (χ4n) is 4.65. The number of fused-ring (bicyclic) bond motifs is 1. The smallest absolute Gasteiger partial charge is 0.277 e. The Balaban J connectivity index is 1.50. The van der Waals surface area contributed by atoms with Gasteiger partial charge in [0.1, 0.15) is 11.4 Å². The van der Waals surface area contributed by atoms with Crippen LogP contribution in [0.1, 0.15) is 22.3 Å². The molecule has 0 atom stereocenters. The zero-order valence-electron chi connectivity index (χ0n) is 18.7. The molecule has 5 heteroatoms. The Hall–Kier alpha value is -3.86. The van der Waals surface area contributed by atoms with Crippen molar-refractivity contribution in [2.24, 2.45) is 0 Å². The van der Waals surface area contributed by atoms with Crippen molar-refractivity contribution in [3.05, 3.63) is 107 Å². The summed E-state index contributed by atoms with van der Waals surface area (Å²) in [6, 6.07) is 25.6. The lowest BCUT2D eigenvalue weighted by Gasteiger charge is -2.31. The molecule has 2 aliphatic heterocycles. The molecule has 0 aliphatic carbocycles. The molecule has 33 heavy (non-hydrogen) atoms. The standard InChI is InChI=1S/C28H26N2O3/c1-33-24-13-11-22(12-14-24)25-26(29-17-16-21-9-5-6-10-23(21)19-29)28(32)30(27(25)31)18-15-20-7-3-2-4-8-20/h2-14H,15-19H2,1H3. The van der Waals surface area contributed by atoms with E-state index in [1.165, 1.54) is 16.0 Å². The predicted molar refractivity (Wildman–Crippen MR) is 127 cm³/mol. The Morgan fingerprint density at radius 1 is 0.818 bits per heavy atom. The van der Waals surface area contributed by atoms with Crippen LogP contribution in [0.25, 0.3) is 5.57 Å². The van der Waals surface area contributed by atoms with Crippen molar-refractivity contribution in [1.82, 2.24) is 9.80 Å². The van der Waals surface area contributed by atoms with Gasteiger partial charge in [0, 0.05) is 19.6 Å². The Kier molecular flexibility index (Phi) is 5.69. The average molecular weight is 439 g/mol. The zero-order valence-corrected chi connectivity index (χ0v) is 18.7. The second-order valence-electron chi connectivity index (χ2n) is 8.39. The molecule has 0 radical (unpaired) electrons. The summed E-state index contributed by atoms with van der Waals surface area (Å²) in [5.74, 6) is 0.279. The van der Waals surface area contributed by atoms with Gasteiger partial charge >= 0.3 is 0 Å². The third-order valence-electron chi connectivity index (χ3n) is 6.44. The Morgan fingerprint density at radius 3 is 2.24 bits per heavy atom. The first-order chi connectivity index (χ1) is 16.2. The van der Waals surface area contributed by atoms with Crippen molar-refractivity contribution < 1.29 is 14.3 Å². The summed E-state index contributed by atoms with van der Waals surface area (Å²) in [4.78, 5) is 30.7. The maximum Gasteiger partial charge on any atom is 0.277 e. The van der Waals surface area contributed by atoms with Crippen LogP contribution in [0.3, 0.4) is 0 Å². The fraction of sp³-hybridized carbons (Fsp3) is 0.214. The molecule has 5 nitrogen and oxygen atoms in total. The van der Waals surface area contributed by atoms with Crippen LogP contribution in [0.4, 0.5) is 0 Å². The molecule has 0 unspecified atom stereocenters. The van der Waals surface area contributed by atoms with Gasteiger partial charge in [0.05, 0.1) is 12.7 Å². The summed E-state index contributed by atoms with van der Waals surface area (Å²) in [6.45, 7) is 1.68. The molecule has 3 aromatic carbocycles. The summed E-state index contributed by atoms with van der Waals surface area (Å²) in [5.41, 5.74) is 5.34. The molecule has 0 saturated carbocycles. The highest BCUT2D eigenvalue weighted by Crippen LogP contribution is 2.35. The Labute approximate surface area is 193 Å². The number of rotatable bonds is 6. The van der Waals surface area contributed by atoms with E-state index in [1.54, 1.807) is 7.11 Å². The summed E-state index contributed by atoms with van der Waals surface area (Å²) in [5, 5.41) is 0. The number of ether oxygens (including phenoxy) is 1. The van der Waals surface area contributed by atoms with Crippen LogP contribution >= 0.6 is 0 Å². The van der Waals surface area contributed by atoms with Crippen molar-refractivity contribution in [3.63, 3.8) is 0 Å². The number of carbonyl (C=O) groups excluding carboxylic acids is 2. The third-order valence-corrected chi connectivity index (χ3v) is 6.44. The van der Waals surface area contributed by atoms with Gasteiger partial charge < -0.3 is 9.64 Å². The number of hydrogen-bond donors (Lipinski definition) is 0. The predicted octanol–water partition coefficient (Wildman–Crippen LogP) is 4.08. The normalized spacial score (nSPS) is 15.8. The van der Waals surface area contributed by atoms with Crippen LogP contribution in [0, 0.1) is 0 Å². The van der Waals surface area contributed by atoms with Crippen LogP contribution in [0.15, 0.2) is 84.6 Å². The summed E-state index contributed by atoms with van der Waals surface area (Å²) in [7, 11) is 1.61. The second kappa shape index (κ2) is 8.94. The summed E-state index contributed by atoms with van der Waals surface area (Å²) >= 11 is 0. The first-order valence-corrected chi connectivity index (χ1v) is 11.3. The van der Waals surface area contributed by atoms with Gasteiger partial charge in [-0.05, 0) is 47.2 Å². The maximum absolute atomic E-state index is 13.6. The van der Waals surface area contributed by atoms with Gasteiger partial charge in [-0.1, -0.05) is 66.7 Å². The van der Waals surface area contributed by atoms with Gasteiger partial charge in [0.15, 0.2) is 0 Å². The number of methoxy groups -OCH3 is 1. The summed E-state index contributed by atoms with van der Waals surface area (Å²) < 4.78 is 5.28. The molecule has 0 N–H and O–H groups in total. The van der Waals surface area contributed by atoms with E-state index >= 15 is 0 Å². The highest BCUT2D eigenvalue weighted by atomic mass is 16.5. The molecule has 0 saturated heterocycles. The van der Waals surface area contributed by atoms with Crippen molar-refractivity contribution in [2.45, 2.75) is 19.4 Å². The molecule has 0 aromatic heterocycles. The number of amides is 2. The molecule has 5 rings (SSSR count). The van der Waals surface area contributed by atoms with Crippen molar-refractivity contribution >= 4 is 17.4 Å². The molecule has 0 fully saturated rings. The number of nitrogens with zero attached hydrogens (tertiary/aromatic N) is 2. The molecule has 2 aliphatic rings. The van der Waals surface area contributed by atoms with Gasteiger partial charge in [0.25, 0.3) is 11.8 Å². The van der Waals surface area contributed by atoms with Crippen LogP contribution in [0.5, 0.6) is 5.75 Å². The van der Waals surface area contributed by atoms with Crippen molar-refractivity contribution in [3.8, 4) is 5.75 Å². The number of carbonyl (C=O) groups is 2.